The van der Waals surface area contributed by atoms with Crippen molar-refractivity contribution < 1.29 is 27.4 Å². The Kier molecular flexibility index (Phi) is 4.81. The highest BCUT2D eigenvalue weighted by Crippen LogP contribution is 2.46. The molecule has 11 heteroatoms. The van der Waals surface area contributed by atoms with E-state index < -0.39 is 18.0 Å². The Hall–Kier alpha value is -3.73. The number of benzene rings is 2. The molecule has 1 aliphatic rings. The quantitative estimate of drug-likeness (QED) is 0.472. The summed E-state index contributed by atoms with van der Waals surface area (Å²) in [7, 11) is 4.61. The summed E-state index contributed by atoms with van der Waals surface area (Å²) < 4.78 is 51.2. The van der Waals surface area contributed by atoms with Crippen LogP contribution in [0, 0.1) is 0 Å². The maximum atomic E-state index is 13.0. The van der Waals surface area contributed by atoms with E-state index in [1.165, 1.54) is 14.2 Å². The zero-order valence-corrected chi connectivity index (χ0v) is 17.4. The molecule has 0 fully saturated rings. The molecule has 4 N–H and O–H groups in total. The van der Waals surface area contributed by atoms with Gasteiger partial charge in [-0.3, -0.25) is 10.6 Å². The van der Waals surface area contributed by atoms with Crippen LogP contribution >= 0.6 is 0 Å². The number of esters is 1. The molecule has 2 aromatic carbocycles. The fraction of sp³-hybridized carbons (Fsp3) is 0.238. The van der Waals surface area contributed by atoms with Gasteiger partial charge in [0.15, 0.2) is 0 Å². The fourth-order valence-electron chi connectivity index (χ4n) is 3.87. The van der Waals surface area contributed by atoms with Gasteiger partial charge in [-0.05, 0) is 18.2 Å². The molecule has 0 radical (unpaired) electrons. The summed E-state index contributed by atoms with van der Waals surface area (Å²) in [6.07, 6.45) is -3.53. The molecule has 32 heavy (non-hydrogen) atoms. The second kappa shape index (κ2) is 7.16. The van der Waals surface area contributed by atoms with Crippen molar-refractivity contribution in [2.45, 2.75) is 12.0 Å². The molecule has 2 heterocycles. The van der Waals surface area contributed by atoms with E-state index in [1.54, 1.807) is 36.0 Å². The van der Waals surface area contributed by atoms with Gasteiger partial charge in [-0.25, -0.2) is 9.79 Å². The predicted octanol–water partition coefficient (Wildman–Crippen LogP) is 2.92. The average molecular weight is 447 g/mol. The molecule has 3 aromatic rings. The number of guanidine groups is 1. The van der Waals surface area contributed by atoms with Gasteiger partial charge in [-0.15, -0.1) is 0 Å². The van der Waals surface area contributed by atoms with E-state index in [4.69, 9.17) is 20.9 Å². The van der Waals surface area contributed by atoms with Crippen LogP contribution in [0.15, 0.2) is 47.6 Å². The van der Waals surface area contributed by atoms with Gasteiger partial charge in [0.05, 0.1) is 23.9 Å². The van der Waals surface area contributed by atoms with Gasteiger partial charge in [0, 0.05) is 36.8 Å². The van der Waals surface area contributed by atoms with Crippen molar-refractivity contribution in [3.63, 3.8) is 0 Å². The first-order valence-electron chi connectivity index (χ1n) is 9.42. The largest absolute Gasteiger partial charge is 0.496 e. The molecule has 4 rings (SSSR count). The first-order chi connectivity index (χ1) is 15.0. The van der Waals surface area contributed by atoms with Gasteiger partial charge in [-0.1, -0.05) is 18.2 Å². The molecule has 1 aliphatic heterocycles. The Labute approximate surface area is 180 Å². The van der Waals surface area contributed by atoms with Crippen LogP contribution in [-0.2, 0) is 22.4 Å². The van der Waals surface area contributed by atoms with Gasteiger partial charge in [0.25, 0.3) is 5.85 Å². The van der Waals surface area contributed by atoms with Crippen molar-refractivity contribution in [2.75, 3.05) is 14.2 Å². The molecule has 8 nitrogen and oxygen atoms in total. The third kappa shape index (κ3) is 3.12. The summed E-state index contributed by atoms with van der Waals surface area (Å²) >= 11 is 0. The van der Waals surface area contributed by atoms with E-state index in [0.29, 0.717) is 22.2 Å². The number of para-hydroxylation sites is 1. The molecular weight excluding hydrogens is 427 g/mol. The number of nitrogens with zero attached hydrogens (tertiary/aromatic N) is 3. The number of aliphatic imine (C=N–C) groups is 1. The van der Waals surface area contributed by atoms with Gasteiger partial charge < -0.3 is 19.8 Å². The van der Waals surface area contributed by atoms with Crippen LogP contribution in [0.5, 0.6) is 5.75 Å². The third-order valence-corrected chi connectivity index (χ3v) is 5.45. The van der Waals surface area contributed by atoms with Crippen LogP contribution in [0.2, 0.25) is 0 Å². The van der Waals surface area contributed by atoms with Gasteiger partial charge in [0.1, 0.15) is 5.75 Å². The molecule has 0 aliphatic carbocycles. The highest BCUT2D eigenvalue weighted by Gasteiger charge is 2.51. The second-order valence-corrected chi connectivity index (χ2v) is 7.32. The Bertz CT molecular complexity index is 1270. The smallest absolute Gasteiger partial charge is 0.491 e. The number of halogens is 3. The number of ether oxygens (including phenoxy) is 2. The van der Waals surface area contributed by atoms with E-state index in [9.17, 15) is 18.0 Å². The average Bonchev–Trinajstić information content (AvgIpc) is 3.12. The van der Waals surface area contributed by atoms with Crippen molar-refractivity contribution in [1.29, 1.82) is 0 Å². The first kappa shape index (κ1) is 21.5. The van der Waals surface area contributed by atoms with Crippen molar-refractivity contribution in [2.24, 2.45) is 23.5 Å². The lowest BCUT2D eigenvalue weighted by molar-refractivity contribution is -0.226. The Morgan fingerprint density at radius 1 is 1.16 bits per heavy atom. The molecule has 0 amide bonds. The fourth-order valence-corrected chi connectivity index (χ4v) is 3.87. The molecular formula is C21H20F3N5O3. The number of aromatic nitrogens is 1. The highest BCUT2D eigenvalue weighted by atomic mass is 19.4. The number of nitrogens with two attached hydrogens (primary N) is 2. The number of aryl methyl sites for hydroxylation is 1. The second-order valence-electron chi connectivity index (χ2n) is 7.32. The normalized spacial score (nSPS) is 18.3. The number of carbonyl (C=O) groups excluding carboxylic acids is 1. The van der Waals surface area contributed by atoms with Crippen LogP contribution in [-0.4, -0.2) is 41.7 Å². The minimum atomic E-state index is -5.25. The van der Waals surface area contributed by atoms with Crippen molar-refractivity contribution >= 4 is 28.5 Å². The summed E-state index contributed by atoms with van der Waals surface area (Å²) in [4.78, 5) is 17.1. The number of fused-ring (bicyclic) bond motifs is 3. The van der Waals surface area contributed by atoms with Crippen LogP contribution in [0.1, 0.15) is 5.56 Å². The lowest BCUT2D eigenvalue weighted by atomic mass is 9.93. The van der Waals surface area contributed by atoms with Crippen molar-refractivity contribution in [1.82, 2.24) is 9.47 Å². The van der Waals surface area contributed by atoms with Crippen LogP contribution in [0.25, 0.3) is 22.0 Å². The van der Waals surface area contributed by atoms with E-state index in [0.717, 1.165) is 10.5 Å². The molecule has 0 saturated carbocycles. The lowest BCUT2D eigenvalue weighted by Gasteiger charge is -2.41. The third-order valence-electron chi connectivity index (χ3n) is 5.45. The van der Waals surface area contributed by atoms with Crippen molar-refractivity contribution in [3.05, 3.63) is 48.2 Å². The number of methoxy groups -OCH3 is 1. The molecule has 1 unspecified atom stereocenters. The standard InChI is InChI=1S/C21H20F3N5O3/c1-28-9-8-12-16-14(10-13(17(12)28)11-6-4-5-7-15(11)31-3)27-19(25)29(2)21(16,26)32-18(30)20(22,23)24/h4-10H,26H2,1-3H3,(H2,25,27). The summed E-state index contributed by atoms with van der Waals surface area (Å²) in [5, 5.41) is 0.450. The van der Waals surface area contributed by atoms with Crippen LogP contribution < -0.4 is 16.2 Å². The van der Waals surface area contributed by atoms with Crippen molar-refractivity contribution in [3.8, 4) is 16.9 Å². The lowest BCUT2D eigenvalue weighted by Crippen LogP contribution is -2.61. The van der Waals surface area contributed by atoms with Gasteiger partial charge in [-0.2, -0.15) is 13.2 Å². The number of alkyl halides is 3. The van der Waals surface area contributed by atoms with E-state index >= 15 is 0 Å². The number of hydrogen-bond acceptors (Lipinski definition) is 7. The number of rotatable bonds is 3. The zero-order valence-electron chi connectivity index (χ0n) is 17.4. The molecule has 168 valence electrons. The maximum Gasteiger partial charge on any atom is 0.491 e. The Balaban J connectivity index is 2.05. The maximum absolute atomic E-state index is 13.0. The van der Waals surface area contributed by atoms with Crippen LogP contribution in [0.4, 0.5) is 18.9 Å². The number of carbonyl (C=O) groups is 1. The van der Waals surface area contributed by atoms with E-state index in [2.05, 4.69) is 4.99 Å². The first-order valence-corrected chi connectivity index (χ1v) is 9.42. The summed E-state index contributed by atoms with van der Waals surface area (Å²) in [6, 6.07) is 10.6. The number of hydrogen-bond donors (Lipinski definition) is 2. The predicted molar refractivity (Wildman–Crippen MR) is 112 cm³/mol. The van der Waals surface area contributed by atoms with E-state index in [1.807, 2.05) is 18.2 Å². The highest BCUT2D eigenvalue weighted by molar-refractivity contribution is 6.03. The molecule has 1 atom stereocenters. The Morgan fingerprint density at radius 2 is 1.84 bits per heavy atom. The Morgan fingerprint density at radius 3 is 2.50 bits per heavy atom. The summed E-state index contributed by atoms with van der Waals surface area (Å²) in [6.45, 7) is 0. The minimum Gasteiger partial charge on any atom is -0.496 e. The molecule has 0 bridgehead atoms. The monoisotopic (exact) mass is 447 g/mol. The SMILES string of the molecule is COc1ccccc1-c1cc2c(c3ccn(C)c13)C(N)(OC(=O)C(F)(F)F)N(C)C(N)=N2. The molecule has 1 aromatic heterocycles. The van der Waals surface area contributed by atoms with Gasteiger partial charge in [0.2, 0.25) is 5.96 Å². The van der Waals surface area contributed by atoms with E-state index in [-0.39, 0.29) is 17.2 Å². The van der Waals surface area contributed by atoms with Crippen LogP contribution in [0.3, 0.4) is 0 Å². The summed E-state index contributed by atoms with van der Waals surface area (Å²) in [5.74, 6) is -4.41. The molecule has 0 saturated heterocycles. The molecule has 0 spiro atoms. The summed E-state index contributed by atoms with van der Waals surface area (Å²) in [5.41, 5.74) is 14.6. The minimum absolute atomic E-state index is 0.0843. The van der Waals surface area contributed by atoms with Gasteiger partial charge >= 0.3 is 12.1 Å². The zero-order chi connectivity index (χ0) is 23.4. The topological polar surface area (TPSA) is 108 Å².